The van der Waals surface area contributed by atoms with Crippen LogP contribution in [0.25, 0.3) is 6.08 Å². The van der Waals surface area contributed by atoms with Gasteiger partial charge in [0.25, 0.3) is 0 Å². The summed E-state index contributed by atoms with van der Waals surface area (Å²) in [6, 6.07) is 5.94. The first-order valence-corrected chi connectivity index (χ1v) is 7.82. The van der Waals surface area contributed by atoms with Crippen LogP contribution in [0.5, 0.6) is 11.5 Å². The normalized spacial score (nSPS) is 15.8. The molecule has 4 heteroatoms. The third-order valence-electron chi connectivity index (χ3n) is 4.32. The first-order chi connectivity index (χ1) is 10.7. The summed E-state index contributed by atoms with van der Waals surface area (Å²) < 4.78 is 10.5. The van der Waals surface area contributed by atoms with Crippen LogP contribution in [-0.2, 0) is 4.79 Å². The van der Waals surface area contributed by atoms with Crippen molar-refractivity contribution >= 4 is 12.0 Å². The van der Waals surface area contributed by atoms with E-state index in [1.807, 2.05) is 30.1 Å². The number of amides is 1. The van der Waals surface area contributed by atoms with Gasteiger partial charge in [-0.2, -0.15) is 0 Å². The molecule has 1 aliphatic carbocycles. The van der Waals surface area contributed by atoms with Gasteiger partial charge in [0, 0.05) is 30.8 Å². The number of nitrogens with zero attached hydrogens (tertiary/aromatic N) is 1. The zero-order chi connectivity index (χ0) is 15.9. The van der Waals surface area contributed by atoms with E-state index in [4.69, 9.17) is 9.47 Å². The van der Waals surface area contributed by atoms with Gasteiger partial charge in [0.2, 0.25) is 5.91 Å². The summed E-state index contributed by atoms with van der Waals surface area (Å²) in [4.78, 5) is 14.2. The van der Waals surface area contributed by atoms with E-state index in [-0.39, 0.29) is 5.91 Å². The molecule has 0 atom stereocenters. The number of carbonyl (C=O) groups excluding carboxylic acids is 1. The van der Waals surface area contributed by atoms with Crippen LogP contribution in [0, 0.1) is 0 Å². The molecule has 0 aromatic heterocycles. The summed E-state index contributed by atoms with van der Waals surface area (Å²) in [7, 11) is 5.13. The number of ether oxygens (including phenoxy) is 2. The molecular formula is C18H25NO3. The number of methoxy groups -OCH3 is 2. The molecule has 0 unspecified atom stereocenters. The van der Waals surface area contributed by atoms with Gasteiger partial charge >= 0.3 is 0 Å². The minimum atomic E-state index is 0.0461. The van der Waals surface area contributed by atoms with Crippen LogP contribution >= 0.6 is 0 Å². The van der Waals surface area contributed by atoms with Crippen LogP contribution in [0.1, 0.15) is 37.7 Å². The maximum Gasteiger partial charge on any atom is 0.246 e. The van der Waals surface area contributed by atoms with Crippen molar-refractivity contribution in [2.24, 2.45) is 0 Å². The lowest BCUT2D eigenvalue weighted by atomic mass is 9.94. The maximum absolute atomic E-state index is 12.3. The van der Waals surface area contributed by atoms with E-state index < -0.39 is 0 Å². The first-order valence-electron chi connectivity index (χ1n) is 7.82. The summed E-state index contributed by atoms with van der Waals surface area (Å²) in [5.41, 5.74) is 0.869. The topological polar surface area (TPSA) is 38.8 Å². The van der Waals surface area contributed by atoms with E-state index in [0.29, 0.717) is 11.8 Å². The highest BCUT2D eigenvalue weighted by atomic mass is 16.5. The van der Waals surface area contributed by atoms with Crippen LogP contribution in [0.2, 0.25) is 0 Å². The second-order valence-electron chi connectivity index (χ2n) is 5.68. The van der Waals surface area contributed by atoms with Gasteiger partial charge in [-0.15, -0.1) is 0 Å². The molecule has 0 radical (unpaired) electrons. The summed E-state index contributed by atoms with van der Waals surface area (Å²) in [6.07, 6.45) is 9.39. The number of hydrogen-bond acceptors (Lipinski definition) is 3. The number of carbonyl (C=O) groups is 1. The molecule has 1 amide bonds. The molecule has 0 spiro atoms. The Labute approximate surface area is 132 Å². The summed E-state index contributed by atoms with van der Waals surface area (Å²) in [5, 5.41) is 0. The highest BCUT2D eigenvalue weighted by Gasteiger charge is 2.20. The Bertz CT molecular complexity index is 533. The van der Waals surface area contributed by atoms with E-state index in [1.165, 1.54) is 19.3 Å². The van der Waals surface area contributed by atoms with Crippen molar-refractivity contribution in [3.63, 3.8) is 0 Å². The fourth-order valence-electron chi connectivity index (χ4n) is 2.88. The van der Waals surface area contributed by atoms with Crippen LogP contribution < -0.4 is 9.47 Å². The standard InChI is InChI=1S/C18H25NO3/c1-19(15-7-5-4-6-8-15)18(20)12-10-14-9-11-16(21-2)13-17(14)22-3/h9-13,15H,4-8H2,1-3H3/b12-10+. The van der Waals surface area contributed by atoms with Crippen molar-refractivity contribution in [2.45, 2.75) is 38.1 Å². The number of benzene rings is 1. The van der Waals surface area contributed by atoms with E-state index in [2.05, 4.69) is 0 Å². The van der Waals surface area contributed by atoms with Crippen molar-refractivity contribution < 1.29 is 14.3 Å². The molecule has 1 aliphatic rings. The Morgan fingerprint density at radius 2 is 1.91 bits per heavy atom. The minimum absolute atomic E-state index is 0.0461. The Morgan fingerprint density at radius 3 is 2.55 bits per heavy atom. The SMILES string of the molecule is COc1ccc(/C=C/C(=O)N(C)C2CCCCC2)c(OC)c1. The fourth-order valence-corrected chi connectivity index (χ4v) is 2.88. The molecule has 1 fully saturated rings. The third kappa shape index (κ3) is 4.03. The molecule has 22 heavy (non-hydrogen) atoms. The molecule has 0 N–H and O–H groups in total. The molecule has 1 aromatic rings. The minimum Gasteiger partial charge on any atom is -0.497 e. The zero-order valence-corrected chi connectivity index (χ0v) is 13.7. The number of hydrogen-bond donors (Lipinski definition) is 0. The molecule has 0 aliphatic heterocycles. The highest BCUT2D eigenvalue weighted by Crippen LogP contribution is 2.26. The lowest BCUT2D eigenvalue weighted by Crippen LogP contribution is -2.37. The first kappa shape index (κ1) is 16.4. The second-order valence-corrected chi connectivity index (χ2v) is 5.68. The van der Waals surface area contributed by atoms with Gasteiger partial charge in [0.05, 0.1) is 14.2 Å². The van der Waals surface area contributed by atoms with Crippen LogP contribution in [0.15, 0.2) is 24.3 Å². The van der Waals surface area contributed by atoms with Crippen molar-refractivity contribution in [2.75, 3.05) is 21.3 Å². The summed E-state index contributed by atoms with van der Waals surface area (Å²) in [5.74, 6) is 1.48. The van der Waals surface area contributed by atoms with Gasteiger partial charge in [-0.3, -0.25) is 4.79 Å². The van der Waals surface area contributed by atoms with E-state index in [9.17, 15) is 4.79 Å². The molecule has 0 bridgehead atoms. The third-order valence-corrected chi connectivity index (χ3v) is 4.32. The number of rotatable bonds is 5. The fraction of sp³-hybridized carbons (Fsp3) is 0.500. The Morgan fingerprint density at radius 1 is 1.18 bits per heavy atom. The predicted molar refractivity (Wildman–Crippen MR) is 88.2 cm³/mol. The zero-order valence-electron chi connectivity index (χ0n) is 13.7. The smallest absolute Gasteiger partial charge is 0.246 e. The summed E-state index contributed by atoms with van der Waals surface area (Å²) >= 11 is 0. The van der Waals surface area contributed by atoms with Crippen LogP contribution in [0.3, 0.4) is 0 Å². The predicted octanol–water partition coefficient (Wildman–Crippen LogP) is 3.51. The van der Waals surface area contributed by atoms with E-state index in [0.717, 1.165) is 24.2 Å². The quantitative estimate of drug-likeness (QED) is 0.781. The molecule has 1 aromatic carbocycles. The highest BCUT2D eigenvalue weighted by molar-refractivity contribution is 5.92. The van der Waals surface area contributed by atoms with Gasteiger partial charge in [0.1, 0.15) is 11.5 Å². The van der Waals surface area contributed by atoms with E-state index >= 15 is 0 Å². The molecular weight excluding hydrogens is 278 g/mol. The van der Waals surface area contributed by atoms with Crippen LogP contribution in [0.4, 0.5) is 0 Å². The van der Waals surface area contributed by atoms with Gasteiger partial charge in [0.15, 0.2) is 0 Å². The van der Waals surface area contributed by atoms with Gasteiger partial charge < -0.3 is 14.4 Å². The molecule has 1 saturated carbocycles. The maximum atomic E-state index is 12.3. The Hall–Kier alpha value is -1.97. The van der Waals surface area contributed by atoms with Gasteiger partial charge in [-0.1, -0.05) is 19.3 Å². The van der Waals surface area contributed by atoms with Gasteiger partial charge in [-0.25, -0.2) is 0 Å². The number of likely N-dealkylation sites (N-methyl/N-ethyl adjacent to an activating group) is 1. The lowest BCUT2D eigenvalue weighted by molar-refractivity contribution is -0.127. The second kappa shape index (κ2) is 7.87. The Balaban J connectivity index is 2.05. The average Bonchev–Trinajstić information content (AvgIpc) is 2.59. The van der Waals surface area contributed by atoms with E-state index in [1.54, 1.807) is 26.4 Å². The largest absolute Gasteiger partial charge is 0.497 e. The Kier molecular flexibility index (Phi) is 5.87. The van der Waals surface area contributed by atoms with Crippen molar-refractivity contribution in [1.82, 2.24) is 4.90 Å². The lowest BCUT2D eigenvalue weighted by Gasteiger charge is -2.30. The van der Waals surface area contributed by atoms with Crippen molar-refractivity contribution in [3.05, 3.63) is 29.8 Å². The van der Waals surface area contributed by atoms with Gasteiger partial charge in [-0.05, 0) is 31.1 Å². The van der Waals surface area contributed by atoms with Crippen molar-refractivity contribution in [1.29, 1.82) is 0 Å². The molecule has 2 rings (SSSR count). The monoisotopic (exact) mass is 303 g/mol. The van der Waals surface area contributed by atoms with Crippen LogP contribution in [-0.4, -0.2) is 38.1 Å². The summed E-state index contributed by atoms with van der Waals surface area (Å²) in [6.45, 7) is 0. The molecule has 0 saturated heterocycles. The average molecular weight is 303 g/mol. The molecule has 120 valence electrons. The molecule has 0 heterocycles. The van der Waals surface area contributed by atoms with Crippen molar-refractivity contribution in [3.8, 4) is 11.5 Å². The molecule has 4 nitrogen and oxygen atoms in total.